The second kappa shape index (κ2) is 6.23. The molecule has 3 rings (SSSR count). The van der Waals surface area contributed by atoms with Crippen molar-refractivity contribution in [2.45, 2.75) is 36.5 Å². The molecule has 3 atom stereocenters. The maximum Gasteiger partial charge on any atom is 0.408 e. The lowest BCUT2D eigenvalue weighted by atomic mass is 9.98. The number of nitrogens with two attached hydrogens (primary N) is 1. The number of sulfonamides is 1. The van der Waals surface area contributed by atoms with Crippen LogP contribution in [0.25, 0.3) is 0 Å². The minimum Gasteiger partial charge on any atom is -0.327 e. The third-order valence-electron chi connectivity index (χ3n) is 4.47. The van der Waals surface area contributed by atoms with E-state index >= 15 is 0 Å². The van der Waals surface area contributed by atoms with Gasteiger partial charge in [-0.05, 0) is 24.7 Å². The number of alkyl halides is 3. The third-order valence-corrected chi connectivity index (χ3v) is 6.25. The third kappa shape index (κ3) is 3.65. The van der Waals surface area contributed by atoms with Crippen LogP contribution in [0.3, 0.4) is 0 Å². The summed E-state index contributed by atoms with van der Waals surface area (Å²) in [7, 11) is -3.81. The molecule has 0 bridgehead atoms. The van der Waals surface area contributed by atoms with Crippen molar-refractivity contribution in [1.29, 1.82) is 0 Å². The first-order valence-electron chi connectivity index (χ1n) is 7.02. The first-order valence-corrected chi connectivity index (χ1v) is 8.46. The van der Waals surface area contributed by atoms with E-state index < -0.39 is 22.7 Å². The van der Waals surface area contributed by atoms with E-state index in [-0.39, 0.29) is 35.2 Å². The van der Waals surface area contributed by atoms with E-state index in [0.29, 0.717) is 17.8 Å². The Labute approximate surface area is 138 Å². The van der Waals surface area contributed by atoms with Crippen LogP contribution in [-0.2, 0) is 16.6 Å². The maximum atomic E-state index is 12.5. The predicted molar refractivity (Wildman–Crippen MR) is 78.5 cm³/mol. The van der Waals surface area contributed by atoms with Gasteiger partial charge in [0.1, 0.15) is 11.4 Å². The molecule has 2 heterocycles. The Morgan fingerprint density at radius 1 is 1.30 bits per heavy atom. The molecule has 0 aromatic carbocycles. The summed E-state index contributed by atoms with van der Waals surface area (Å²) in [5, 5.41) is 3.49. The zero-order valence-electron chi connectivity index (χ0n) is 12.1. The van der Waals surface area contributed by atoms with Crippen LogP contribution in [-0.4, -0.2) is 47.8 Å². The second-order valence-corrected chi connectivity index (χ2v) is 7.91. The fourth-order valence-electron chi connectivity index (χ4n) is 3.36. The van der Waals surface area contributed by atoms with Crippen molar-refractivity contribution in [3.8, 4) is 0 Å². The molecule has 132 valence electrons. The molecule has 0 spiro atoms. The molecular weight excluding hydrogens is 357 g/mol. The van der Waals surface area contributed by atoms with Crippen molar-refractivity contribution in [2.75, 3.05) is 13.1 Å². The molecule has 2 aliphatic rings. The van der Waals surface area contributed by atoms with Crippen molar-refractivity contribution in [2.24, 2.45) is 17.6 Å². The number of hydrogen-bond donors (Lipinski definition) is 1. The SMILES string of the molecule is Cl.NC1CCC2CN(S(=O)(=O)c3cnn(CC(F)(F)F)c3)CC12. The van der Waals surface area contributed by atoms with Crippen LogP contribution in [0.1, 0.15) is 12.8 Å². The van der Waals surface area contributed by atoms with Crippen molar-refractivity contribution < 1.29 is 21.6 Å². The molecule has 6 nitrogen and oxygen atoms in total. The topological polar surface area (TPSA) is 81.2 Å². The molecule has 2 fully saturated rings. The zero-order valence-corrected chi connectivity index (χ0v) is 13.7. The van der Waals surface area contributed by atoms with Gasteiger partial charge in [-0.1, -0.05) is 0 Å². The summed E-state index contributed by atoms with van der Waals surface area (Å²) < 4.78 is 63.8. The Balaban J connectivity index is 0.00000192. The lowest BCUT2D eigenvalue weighted by Crippen LogP contribution is -2.33. The van der Waals surface area contributed by atoms with E-state index in [1.807, 2.05) is 0 Å². The number of aromatic nitrogens is 2. The quantitative estimate of drug-likeness (QED) is 0.862. The molecule has 1 saturated heterocycles. The number of halogens is 4. The molecule has 11 heteroatoms. The first kappa shape index (κ1) is 18.5. The monoisotopic (exact) mass is 374 g/mol. The number of nitrogens with zero attached hydrogens (tertiary/aromatic N) is 3. The van der Waals surface area contributed by atoms with E-state index in [1.54, 1.807) is 0 Å². The summed E-state index contributed by atoms with van der Waals surface area (Å²) >= 11 is 0. The highest BCUT2D eigenvalue weighted by atomic mass is 35.5. The maximum absolute atomic E-state index is 12.5. The van der Waals surface area contributed by atoms with Gasteiger partial charge in [0.05, 0.1) is 6.20 Å². The van der Waals surface area contributed by atoms with Crippen molar-refractivity contribution in [3.63, 3.8) is 0 Å². The molecule has 1 aliphatic heterocycles. The van der Waals surface area contributed by atoms with Gasteiger partial charge in [-0.15, -0.1) is 12.4 Å². The lowest BCUT2D eigenvalue weighted by Gasteiger charge is -2.17. The van der Waals surface area contributed by atoms with Crippen molar-refractivity contribution in [3.05, 3.63) is 12.4 Å². The van der Waals surface area contributed by atoms with Gasteiger partial charge in [-0.2, -0.15) is 22.6 Å². The molecule has 3 unspecified atom stereocenters. The Hall–Kier alpha value is -0.840. The smallest absolute Gasteiger partial charge is 0.327 e. The van der Waals surface area contributed by atoms with E-state index in [9.17, 15) is 21.6 Å². The number of fused-ring (bicyclic) bond motifs is 1. The molecule has 0 radical (unpaired) electrons. The number of rotatable bonds is 3. The van der Waals surface area contributed by atoms with E-state index in [4.69, 9.17) is 5.73 Å². The lowest BCUT2D eigenvalue weighted by molar-refractivity contribution is -0.142. The molecule has 1 aromatic heterocycles. The van der Waals surface area contributed by atoms with Crippen LogP contribution in [0.15, 0.2) is 17.3 Å². The second-order valence-electron chi connectivity index (χ2n) is 5.98. The highest BCUT2D eigenvalue weighted by Gasteiger charge is 2.45. The van der Waals surface area contributed by atoms with Crippen LogP contribution in [0.4, 0.5) is 13.2 Å². The van der Waals surface area contributed by atoms with Crippen molar-refractivity contribution in [1.82, 2.24) is 14.1 Å². The molecule has 23 heavy (non-hydrogen) atoms. The average molecular weight is 375 g/mol. The van der Waals surface area contributed by atoms with Crippen LogP contribution in [0.2, 0.25) is 0 Å². The van der Waals surface area contributed by atoms with Gasteiger partial charge in [0.2, 0.25) is 10.0 Å². The minimum atomic E-state index is -4.44. The standard InChI is InChI=1S/C12H17F3N4O2S.ClH/c13-12(14,15)7-18-5-9(3-17-18)22(20,21)19-4-8-1-2-11(16)10(8)6-19;/h3,5,8,10-11H,1-2,4,6-7,16H2;1H. The summed E-state index contributed by atoms with van der Waals surface area (Å²) in [4.78, 5) is -0.203. The summed E-state index contributed by atoms with van der Waals surface area (Å²) in [5.74, 6) is 0.384. The van der Waals surface area contributed by atoms with Crippen LogP contribution in [0.5, 0.6) is 0 Å². The Morgan fingerprint density at radius 2 is 2.00 bits per heavy atom. The highest BCUT2D eigenvalue weighted by molar-refractivity contribution is 7.89. The van der Waals surface area contributed by atoms with Crippen molar-refractivity contribution >= 4 is 22.4 Å². The highest BCUT2D eigenvalue weighted by Crippen LogP contribution is 2.39. The zero-order chi connectivity index (χ0) is 16.1. The first-order chi connectivity index (χ1) is 10.2. The molecule has 1 aliphatic carbocycles. The van der Waals surface area contributed by atoms with Crippen LogP contribution < -0.4 is 5.73 Å². The van der Waals surface area contributed by atoms with Crippen LogP contribution >= 0.6 is 12.4 Å². The molecule has 0 amide bonds. The van der Waals surface area contributed by atoms with E-state index in [0.717, 1.165) is 25.2 Å². The van der Waals surface area contributed by atoms with Gasteiger partial charge in [0.25, 0.3) is 0 Å². The molecule has 2 N–H and O–H groups in total. The Bertz CT molecular complexity index is 664. The summed E-state index contributed by atoms with van der Waals surface area (Å²) in [6.07, 6.45) is -0.756. The molecule has 1 saturated carbocycles. The van der Waals surface area contributed by atoms with E-state index in [2.05, 4.69) is 5.10 Å². The largest absolute Gasteiger partial charge is 0.408 e. The average Bonchev–Trinajstić information content (AvgIpc) is 3.05. The molecule has 1 aromatic rings. The van der Waals surface area contributed by atoms with Gasteiger partial charge >= 0.3 is 6.18 Å². The molecular formula is C12H18ClF3N4O2S. The normalized spacial score (nSPS) is 28.6. The predicted octanol–water partition coefficient (Wildman–Crippen LogP) is 1.22. The summed E-state index contributed by atoms with van der Waals surface area (Å²) in [6, 6.07) is -0.00171. The minimum absolute atomic E-state index is 0. The summed E-state index contributed by atoms with van der Waals surface area (Å²) in [5.41, 5.74) is 5.97. The Kier molecular flexibility index (Phi) is 5.01. The Morgan fingerprint density at radius 3 is 2.61 bits per heavy atom. The van der Waals surface area contributed by atoms with Gasteiger partial charge in [0, 0.05) is 25.3 Å². The van der Waals surface area contributed by atoms with E-state index in [1.165, 1.54) is 4.31 Å². The van der Waals surface area contributed by atoms with Gasteiger partial charge < -0.3 is 5.73 Å². The van der Waals surface area contributed by atoms with Gasteiger partial charge in [-0.3, -0.25) is 4.68 Å². The number of hydrogen-bond acceptors (Lipinski definition) is 4. The van der Waals surface area contributed by atoms with Gasteiger partial charge in [0.15, 0.2) is 0 Å². The van der Waals surface area contributed by atoms with Crippen LogP contribution in [0, 0.1) is 11.8 Å². The summed E-state index contributed by atoms with van der Waals surface area (Å²) in [6.45, 7) is -0.595. The van der Waals surface area contributed by atoms with Gasteiger partial charge in [-0.25, -0.2) is 8.42 Å². The fourth-order valence-corrected chi connectivity index (χ4v) is 4.85. The fraction of sp³-hybridized carbons (Fsp3) is 0.750.